The Kier molecular flexibility index (Phi) is 15.8. The summed E-state index contributed by atoms with van der Waals surface area (Å²) in [6, 6.07) is 0. The predicted molar refractivity (Wildman–Crippen MR) is 82.6 cm³/mol. The van der Waals surface area contributed by atoms with Crippen molar-refractivity contribution in [3.8, 4) is 11.8 Å². The van der Waals surface area contributed by atoms with E-state index in [2.05, 4.69) is 37.5 Å². The molecule has 0 aliphatic carbocycles. The van der Waals surface area contributed by atoms with Crippen molar-refractivity contribution < 1.29 is 0 Å². The lowest BCUT2D eigenvalue weighted by Gasteiger charge is -2.01. The van der Waals surface area contributed by atoms with Gasteiger partial charge < -0.3 is 0 Å². The normalized spacial score (nSPS) is 10.0. The zero-order chi connectivity index (χ0) is 12.6. The summed E-state index contributed by atoms with van der Waals surface area (Å²) in [5.74, 6) is 8.99. The molecular weight excluding hydrogens is 224 g/mol. The van der Waals surface area contributed by atoms with Crippen molar-refractivity contribution in [3.63, 3.8) is 0 Å². The first-order valence-corrected chi connectivity index (χ1v) is 8.60. The van der Waals surface area contributed by atoms with Gasteiger partial charge in [0.2, 0.25) is 0 Å². The van der Waals surface area contributed by atoms with Gasteiger partial charge in [-0.2, -0.15) is 11.8 Å². The number of hydrogen-bond donors (Lipinski definition) is 0. The predicted octanol–water partition coefficient (Wildman–Crippen LogP) is 5.66. The fourth-order valence-corrected chi connectivity index (χ4v) is 2.53. The first-order chi connectivity index (χ1) is 8.41. The van der Waals surface area contributed by atoms with E-state index in [0.717, 1.165) is 12.8 Å². The Labute approximate surface area is 113 Å². The SMILES string of the molecule is CCC#CCCCCCCCCCCSCC. The summed E-state index contributed by atoms with van der Waals surface area (Å²) in [6.45, 7) is 4.36. The monoisotopic (exact) mass is 254 g/mol. The molecule has 0 unspecified atom stereocenters. The van der Waals surface area contributed by atoms with Crippen LogP contribution in [0.25, 0.3) is 0 Å². The van der Waals surface area contributed by atoms with Gasteiger partial charge in [-0.05, 0) is 24.3 Å². The number of thioether (sulfide) groups is 1. The second-order valence-corrected chi connectivity index (χ2v) is 5.88. The maximum atomic E-state index is 3.21. The molecule has 0 spiro atoms. The van der Waals surface area contributed by atoms with Gasteiger partial charge in [0.05, 0.1) is 0 Å². The molecule has 0 rings (SSSR count). The van der Waals surface area contributed by atoms with E-state index >= 15 is 0 Å². The van der Waals surface area contributed by atoms with Crippen LogP contribution in [-0.2, 0) is 0 Å². The minimum absolute atomic E-state index is 1.01. The van der Waals surface area contributed by atoms with Gasteiger partial charge in [0.1, 0.15) is 0 Å². The summed E-state index contributed by atoms with van der Waals surface area (Å²) in [7, 11) is 0. The molecule has 0 aromatic rings. The summed E-state index contributed by atoms with van der Waals surface area (Å²) in [5, 5.41) is 0. The number of unbranched alkanes of at least 4 members (excludes halogenated alkanes) is 8. The Balaban J connectivity index is 2.94. The van der Waals surface area contributed by atoms with E-state index in [0.29, 0.717) is 0 Å². The van der Waals surface area contributed by atoms with Gasteiger partial charge in [0.25, 0.3) is 0 Å². The molecule has 0 amide bonds. The van der Waals surface area contributed by atoms with Crippen LogP contribution in [0, 0.1) is 11.8 Å². The van der Waals surface area contributed by atoms with Crippen LogP contribution in [-0.4, -0.2) is 11.5 Å². The molecule has 0 atom stereocenters. The molecule has 0 nitrogen and oxygen atoms in total. The molecule has 0 saturated heterocycles. The molecule has 0 heterocycles. The molecule has 100 valence electrons. The second kappa shape index (κ2) is 15.9. The van der Waals surface area contributed by atoms with E-state index in [-0.39, 0.29) is 0 Å². The van der Waals surface area contributed by atoms with Gasteiger partial charge in [-0.3, -0.25) is 0 Å². The standard InChI is InChI=1S/C16H30S/c1-3-5-6-7-8-9-10-11-12-13-14-15-16-17-4-2/h3-4,7-16H2,1-2H3. The van der Waals surface area contributed by atoms with E-state index in [1.54, 1.807) is 0 Å². The molecule has 0 bridgehead atoms. The summed E-state index contributed by atoms with van der Waals surface area (Å²) in [5.41, 5.74) is 0. The van der Waals surface area contributed by atoms with Crippen LogP contribution < -0.4 is 0 Å². The van der Waals surface area contributed by atoms with Crippen LogP contribution in [0.3, 0.4) is 0 Å². The molecule has 17 heavy (non-hydrogen) atoms. The summed E-state index contributed by atoms with van der Waals surface area (Å²) in [6.07, 6.45) is 13.4. The zero-order valence-corrected chi connectivity index (χ0v) is 12.7. The highest BCUT2D eigenvalue weighted by atomic mass is 32.2. The first kappa shape index (κ1) is 16.9. The molecular formula is C16H30S. The summed E-state index contributed by atoms with van der Waals surface area (Å²) in [4.78, 5) is 0. The molecule has 0 fully saturated rings. The summed E-state index contributed by atoms with van der Waals surface area (Å²) < 4.78 is 0. The van der Waals surface area contributed by atoms with Crippen LogP contribution >= 0.6 is 11.8 Å². The number of rotatable bonds is 11. The van der Waals surface area contributed by atoms with Gasteiger partial charge in [-0.1, -0.05) is 52.4 Å². The fraction of sp³-hybridized carbons (Fsp3) is 0.875. The van der Waals surface area contributed by atoms with Gasteiger partial charge in [0, 0.05) is 12.8 Å². The summed E-state index contributed by atoms with van der Waals surface area (Å²) >= 11 is 2.08. The smallest absolute Gasteiger partial charge is 0.00886 e. The lowest BCUT2D eigenvalue weighted by molar-refractivity contribution is 0.580. The van der Waals surface area contributed by atoms with E-state index in [4.69, 9.17) is 0 Å². The lowest BCUT2D eigenvalue weighted by atomic mass is 10.1. The quantitative estimate of drug-likeness (QED) is 0.338. The van der Waals surface area contributed by atoms with Crippen LogP contribution in [0.1, 0.15) is 78.1 Å². The van der Waals surface area contributed by atoms with Crippen molar-refractivity contribution in [2.45, 2.75) is 78.1 Å². The minimum atomic E-state index is 1.01. The van der Waals surface area contributed by atoms with Gasteiger partial charge in [-0.15, -0.1) is 11.8 Å². The molecule has 1 heteroatoms. The van der Waals surface area contributed by atoms with E-state index in [9.17, 15) is 0 Å². The molecule has 0 aromatic carbocycles. The Bertz CT molecular complexity index is 187. The largest absolute Gasteiger partial charge is 0.162 e. The highest BCUT2D eigenvalue weighted by Crippen LogP contribution is 2.11. The van der Waals surface area contributed by atoms with Crippen LogP contribution in [0.4, 0.5) is 0 Å². The molecule has 0 radical (unpaired) electrons. The van der Waals surface area contributed by atoms with Crippen LogP contribution in [0.15, 0.2) is 0 Å². The Morgan fingerprint density at radius 2 is 1.29 bits per heavy atom. The van der Waals surface area contributed by atoms with Crippen molar-refractivity contribution >= 4 is 11.8 Å². The maximum absolute atomic E-state index is 3.21. The van der Waals surface area contributed by atoms with Gasteiger partial charge in [-0.25, -0.2) is 0 Å². The topological polar surface area (TPSA) is 0 Å². The average molecular weight is 254 g/mol. The van der Waals surface area contributed by atoms with Gasteiger partial charge >= 0.3 is 0 Å². The van der Waals surface area contributed by atoms with E-state index in [1.165, 1.54) is 62.9 Å². The molecule has 0 aromatic heterocycles. The van der Waals surface area contributed by atoms with Crippen LogP contribution in [0.5, 0.6) is 0 Å². The molecule has 0 aliphatic heterocycles. The van der Waals surface area contributed by atoms with E-state index < -0.39 is 0 Å². The van der Waals surface area contributed by atoms with Crippen molar-refractivity contribution in [1.82, 2.24) is 0 Å². The average Bonchev–Trinajstić information content (AvgIpc) is 2.35. The second-order valence-electron chi connectivity index (χ2n) is 4.48. The highest BCUT2D eigenvalue weighted by Gasteiger charge is 1.92. The zero-order valence-electron chi connectivity index (χ0n) is 11.9. The number of hydrogen-bond acceptors (Lipinski definition) is 1. The molecule has 0 aliphatic rings. The van der Waals surface area contributed by atoms with Crippen molar-refractivity contribution in [1.29, 1.82) is 0 Å². The Morgan fingerprint density at radius 1 is 0.706 bits per heavy atom. The molecule has 0 saturated carbocycles. The minimum Gasteiger partial charge on any atom is -0.162 e. The lowest BCUT2D eigenvalue weighted by Crippen LogP contribution is -1.83. The third kappa shape index (κ3) is 15.9. The maximum Gasteiger partial charge on any atom is 0.00886 e. The Morgan fingerprint density at radius 3 is 1.88 bits per heavy atom. The van der Waals surface area contributed by atoms with Crippen molar-refractivity contribution in [2.24, 2.45) is 0 Å². The van der Waals surface area contributed by atoms with Crippen molar-refractivity contribution in [3.05, 3.63) is 0 Å². The van der Waals surface area contributed by atoms with Gasteiger partial charge in [0.15, 0.2) is 0 Å². The third-order valence-corrected chi connectivity index (χ3v) is 3.83. The van der Waals surface area contributed by atoms with Crippen LogP contribution in [0.2, 0.25) is 0 Å². The third-order valence-electron chi connectivity index (χ3n) is 2.85. The Hall–Kier alpha value is -0.0900. The highest BCUT2D eigenvalue weighted by molar-refractivity contribution is 7.99. The van der Waals surface area contributed by atoms with E-state index in [1.807, 2.05) is 0 Å². The van der Waals surface area contributed by atoms with Crippen molar-refractivity contribution in [2.75, 3.05) is 11.5 Å². The molecule has 0 N–H and O–H groups in total. The first-order valence-electron chi connectivity index (χ1n) is 7.45. The fourth-order valence-electron chi connectivity index (χ4n) is 1.84.